The van der Waals surface area contributed by atoms with Gasteiger partial charge in [-0.15, -0.1) is 0 Å². The van der Waals surface area contributed by atoms with Crippen molar-refractivity contribution in [2.24, 2.45) is 5.92 Å². The molecule has 1 aliphatic carbocycles. The first-order valence-corrected chi connectivity index (χ1v) is 12.1. The number of fused-ring (bicyclic) bond motifs is 2. The van der Waals surface area contributed by atoms with Gasteiger partial charge in [-0.25, -0.2) is 15.0 Å². The van der Waals surface area contributed by atoms with Crippen molar-refractivity contribution in [3.63, 3.8) is 0 Å². The molecule has 0 aliphatic heterocycles. The average Bonchev–Trinajstić information content (AvgIpc) is 3.24. The first-order chi connectivity index (χ1) is 17.0. The van der Waals surface area contributed by atoms with Gasteiger partial charge in [-0.2, -0.15) is 0 Å². The molecule has 0 radical (unpaired) electrons. The molecule has 0 amide bonds. The number of aryl methyl sites for hydroxylation is 1. The highest BCUT2D eigenvalue weighted by atomic mass is 16.1. The van der Waals surface area contributed by atoms with Crippen LogP contribution < -0.4 is 5.73 Å². The average molecular weight is 462 g/mol. The largest absolute Gasteiger partial charge is 0.383 e. The number of hydrogen-bond acceptors (Lipinski definition) is 5. The molecule has 174 valence electrons. The number of benzene rings is 2. The van der Waals surface area contributed by atoms with E-state index in [-0.39, 0.29) is 12.0 Å². The van der Waals surface area contributed by atoms with Crippen molar-refractivity contribution in [3.8, 4) is 22.4 Å². The summed E-state index contributed by atoms with van der Waals surface area (Å²) in [5.74, 6) is 0.959. The van der Waals surface area contributed by atoms with Crippen molar-refractivity contribution in [2.75, 3.05) is 5.73 Å². The Balaban J connectivity index is 1.49. The number of rotatable bonds is 5. The molecule has 0 bridgehead atoms. The van der Waals surface area contributed by atoms with E-state index in [2.05, 4.69) is 64.1 Å². The highest BCUT2D eigenvalue weighted by molar-refractivity contribution is 6.03. The molecule has 0 unspecified atom stereocenters. The summed E-state index contributed by atoms with van der Waals surface area (Å²) in [7, 11) is 0. The summed E-state index contributed by atoms with van der Waals surface area (Å²) in [5.41, 5.74) is 13.4. The van der Waals surface area contributed by atoms with Crippen LogP contribution >= 0.6 is 0 Å². The van der Waals surface area contributed by atoms with Crippen LogP contribution in [0.15, 0.2) is 67.1 Å². The van der Waals surface area contributed by atoms with Crippen LogP contribution in [0.5, 0.6) is 0 Å². The number of nitrogens with two attached hydrogens (primary N) is 1. The third-order valence-corrected chi connectivity index (χ3v) is 7.42. The Morgan fingerprint density at radius 1 is 1.03 bits per heavy atom. The number of aromatic nitrogens is 4. The van der Waals surface area contributed by atoms with Crippen molar-refractivity contribution in [1.29, 1.82) is 0 Å². The zero-order valence-electron chi connectivity index (χ0n) is 19.9. The molecule has 2 aromatic carbocycles. The summed E-state index contributed by atoms with van der Waals surface area (Å²) in [6.07, 6.45) is 5.95. The lowest BCUT2D eigenvalue weighted by molar-refractivity contribution is -0.126. The Labute approximate surface area is 203 Å². The topological polar surface area (TPSA) is 86.7 Å². The van der Waals surface area contributed by atoms with E-state index in [0.717, 1.165) is 62.7 Å². The summed E-state index contributed by atoms with van der Waals surface area (Å²) >= 11 is 0. The van der Waals surface area contributed by atoms with Gasteiger partial charge in [-0.1, -0.05) is 55.5 Å². The molecule has 1 fully saturated rings. The molecule has 0 atom stereocenters. The van der Waals surface area contributed by atoms with Crippen LogP contribution in [0.3, 0.4) is 0 Å². The lowest BCUT2D eigenvalue weighted by atomic mass is 9.77. The Hall–Kier alpha value is -4.06. The van der Waals surface area contributed by atoms with E-state index in [0.29, 0.717) is 18.0 Å². The lowest BCUT2D eigenvalue weighted by Crippen LogP contribution is -2.31. The fourth-order valence-electron chi connectivity index (χ4n) is 5.35. The maximum atomic E-state index is 12.2. The van der Waals surface area contributed by atoms with Crippen molar-refractivity contribution in [2.45, 2.75) is 39.2 Å². The van der Waals surface area contributed by atoms with E-state index in [1.165, 1.54) is 6.33 Å². The van der Waals surface area contributed by atoms with Gasteiger partial charge >= 0.3 is 0 Å². The molecule has 5 aromatic rings. The molecule has 35 heavy (non-hydrogen) atoms. The van der Waals surface area contributed by atoms with E-state index in [1.807, 2.05) is 25.1 Å². The Morgan fingerprint density at radius 3 is 2.57 bits per heavy atom. The molecule has 6 nitrogen and oxygen atoms in total. The van der Waals surface area contributed by atoms with Crippen molar-refractivity contribution < 1.29 is 4.79 Å². The normalized spacial score (nSPS) is 17.5. The number of anilines is 1. The van der Waals surface area contributed by atoms with Crippen molar-refractivity contribution in [1.82, 2.24) is 19.5 Å². The van der Waals surface area contributed by atoms with E-state index in [9.17, 15) is 4.79 Å². The molecule has 6 heteroatoms. The zero-order valence-corrected chi connectivity index (χ0v) is 19.9. The number of pyridine rings is 1. The van der Waals surface area contributed by atoms with Crippen molar-refractivity contribution >= 4 is 33.5 Å². The van der Waals surface area contributed by atoms with Gasteiger partial charge in [-0.3, -0.25) is 4.79 Å². The summed E-state index contributed by atoms with van der Waals surface area (Å²) in [6, 6.07) is 18.9. The van der Waals surface area contributed by atoms with Gasteiger partial charge < -0.3 is 10.3 Å². The van der Waals surface area contributed by atoms with Crippen molar-refractivity contribution in [3.05, 3.63) is 72.7 Å². The molecular formula is C29H27N5O. The van der Waals surface area contributed by atoms with E-state index in [4.69, 9.17) is 10.7 Å². The summed E-state index contributed by atoms with van der Waals surface area (Å²) in [4.78, 5) is 26.1. The number of hydrogen-bond donors (Lipinski definition) is 1. The molecule has 6 rings (SSSR count). The molecule has 3 aromatic heterocycles. The molecule has 1 aliphatic rings. The first kappa shape index (κ1) is 21.5. The smallest absolute Gasteiger partial charge is 0.146 e. The maximum absolute atomic E-state index is 12.2. The van der Waals surface area contributed by atoms with Gasteiger partial charge in [0.1, 0.15) is 23.6 Å². The SMILES string of the molecule is CCC(=O)C1CC(n2cc(-c3ccc4ccc(-c5ccccc5)nc4c3C)c3c(N)ncnc32)C1. The quantitative estimate of drug-likeness (QED) is 0.340. The molecule has 2 N–H and O–H groups in total. The van der Waals surface area contributed by atoms with E-state index in [1.54, 1.807) is 0 Å². The highest BCUT2D eigenvalue weighted by Crippen LogP contribution is 2.44. The van der Waals surface area contributed by atoms with Crippen LogP contribution in [0.2, 0.25) is 0 Å². The van der Waals surface area contributed by atoms with Gasteiger partial charge in [0, 0.05) is 41.1 Å². The third-order valence-electron chi connectivity index (χ3n) is 7.42. The number of carbonyl (C=O) groups is 1. The monoisotopic (exact) mass is 461 g/mol. The van der Waals surface area contributed by atoms with Gasteiger partial charge in [0.15, 0.2) is 0 Å². The second-order valence-corrected chi connectivity index (χ2v) is 9.42. The van der Waals surface area contributed by atoms with Gasteiger partial charge in [0.05, 0.1) is 16.6 Å². The Kier molecular flexibility index (Phi) is 5.10. The third kappa shape index (κ3) is 3.48. The number of carbonyl (C=O) groups excluding carboxylic acids is 1. The molecular weight excluding hydrogens is 434 g/mol. The number of Topliss-reactive ketones (excluding diaryl/α,β-unsaturated/α-hetero) is 1. The minimum Gasteiger partial charge on any atom is -0.383 e. The lowest BCUT2D eigenvalue weighted by Gasteiger charge is -2.35. The minimum absolute atomic E-state index is 0.146. The fourth-order valence-corrected chi connectivity index (χ4v) is 5.35. The Morgan fingerprint density at radius 2 is 1.80 bits per heavy atom. The minimum atomic E-state index is 0.146. The molecule has 0 spiro atoms. The van der Waals surface area contributed by atoms with Crippen LogP contribution in [0.1, 0.15) is 37.8 Å². The zero-order chi connectivity index (χ0) is 24.1. The van der Waals surface area contributed by atoms with Crippen LogP contribution in [0.25, 0.3) is 44.3 Å². The van der Waals surface area contributed by atoms with Gasteiger partial charge in [0.2, 0.25) is 0 Å². The molecule has 3 heterocycles. The predicted octanol–water partition coefficient (Wildman–Crippen LogP) is 6.13. The second kappa shape index (κ2) is 8.31. The Bertz CT molecular complexity index is 1580. The summed E-state index contributed by atoms with van der Waals surface area (Å²) < 4.78 is 2.19. The summed E-state index contributed by atoms with van der Waals surface area (Å²) in [5, 5.41) is 1.96. The highest BCUT2D eigenvalue weighted by Gasteiger charge is 2.36. The van der Waals surface area contributed by atoms with Gasteiger partial charge in [0.25, 0.3) is 0 Å². The summed E-state index contributed by atoms with van der Waals surface area (Å²) in [6.45, 7) is 4.05. The fraction of sp³-hybridized carbons (Fsp3) is 0.241. The number of nitrogen functional groups attached to an aromatic ring is 1. The van der Waals surface area contributed by atoms with Gasteiger partial charge in [-0.05, 0) is 37.0 Å². The van der Waals surface area contributed by atoms with Crippen LogP contribution in [0.4, 0.5) is 5.82 Å². The van der Waals surface area contributed by atoms with E-state index < -0.39 is 0 Å². The van der Waals surface area contributed by atoms with E-state index >= 15 is 0 Å². The number of nitrogens with zero attached hydrogens (tertiary/aromatic N) is 4. The first-order valence-electron chi connectivity index (χ1n) is 12.1. The van der Waals surface area contributed by atoms with Crippen LogP contribution in [0, 0.1) is 12.8 Å². The standard InChI is InChI=1S/C29H27N5O/c1-3-25(35)20-13-21(14-20)34-15-23(26-28(30)31-16-32-29(26)34)22-11-9-19-10-12-24(33-27(19)17(22)2)18-7-5-4-6-8-18/h4-12,15-16,20-21H,3,13-14H2,1-2H3,(H2,30,31,32). The van der Waals surface area contributed by atoms with Crippen LogP contribution in [-0.2, 0) is 4.79 Å². The number of ketones is 1. The second-order valence-electron chi connectivity index (χ2n) is 9.42. The predicted molar refractivity (Wildman–Crippen MR) is 140 cm³/mol. The molecule has 1 saturated carbocycles. The molecule has 0 saturated heterocycles. The van der Waals surface area contributed by atoms with Crippen LogP contribution in [-0.4, -0.2) is 25.3 Å². The maximum Gasteiger partial charge on any atom is 0.146 e.